The lowest BCUT2D eigenvalue weighted by Gasteiger charge is -2.11. The summed E-state index contributed by atoms with van der Waals surface area (Å²) in [6.07, 6.45) is 3.21. The zero-order valence-electron chi connectivity index (χ0n) is 8.03. The number of aliphatic hydroxyl groups is 1. The Balaban J connectivity index is 1.98. The number of aromatic nitrogens is 2. The molecule has 1 aromatic rings. The van der Waals surface area contributed by atoms with E-state index in [0.717, 1.165) is 12.8 Å². The van der Waals surface area contributed by atoms with E-state index in [-0.39, 0.29) is 11.1 Å². The minimum atomic E-state index is -0.428. The van der Waals surface area contributed by atoms with Crippen LogP contribution in [0.25, 0.3) is 0 Å². The summed E-state index contributed by atoms with van der Waals surface area (Å²) < 4.78 is 0. The van der Waals surface area contributed by atoms with Crippen LogP contribution in [0.1, 0.15) is 12.8 Å². The maximum absolute atomic E-state index is 11.1. The second-order valence-electron chi connectivity index (χ2n) is 3.71. The first-order valence-corrected chi connectivity index (χ1v) is 5.21. The van der Waals surface area contributed by atoms with Crippen LogP contribution in [0.4, 0.5) is 5.69 Å². The van der Waals surface area contributed by atoms with Gasteiger partial charge in [0, 0.05) is 6.54 Å². The predicted octanol–water partition coefficient (Wildman–Crippen LogP) is 0.606. The molecule has 3 N–H and O–H groups in total. The van der Waals surface area contributed by atoms with Gasteiger partial charge < -0.3 is 10.4 Å². The fourth-order valence-electron chi connectivity index (χ4n) is 1.37. The van der Waals surface area contributed by atoms with Crippen molar-refractivity contribution >= 4 is 17.3 Å². The largest absolute Gasteiger partial charge is 0.391 e. The Morgan fingerprint density at radius 1 is 1.73 bits per heavy atom. The molecule has 5 nitrogen and oxygen atoms in total. The summed E-state index contributed by atoms with van der Waals surface area (Å²) in [5.74, 6) is 0.395. The molecule has 1 atom stereocenters. The van der Waals surface area contributed by atoms with E-state index in [1.165, 1.54) is 6.20 Å². The Kier molecular flexibility index (Phi) is 2.93. The molecule has 1 heterocycles. The molecule has 0 aromatic carbocycles. The van der Waals surface area contributed by atoms with Crippen LogP contribution in [0.3, 0.4) is 0 Å². The normalized spacial score (nSPS) is 17.5. The lowest BCUT2D eigenvalue weighted by molar-refractivity contribution is 0.164. The number of H-pyrrole nitrogens is 1. The Morgan fingerprint density at radius 2 is 2.47 bits per heavy atom. The van der Waals surface area contributed by atoms with Gasteiger partial charge in [-0.25, -0.2) is 5.10 Å². The first-order valence-electron chi connectivity index (χ1n) is 4.83. The van der Waals surface area contributed by atoms with Crippen LogP contribution in [-0.4, -0.2) is 28.0 Å². The lowest BCUT2D eigenvalue weighted by Crippen LogP contribution is -2.22. The van der Waals surface area contributed by atoms with Crippen molar-refractivity contribution in [2.75, 3.05) is 11.9 Å². The number of aromatic amines is 1. The summed E-state index contributed by atoms with van der Waals surface area (Å²) in [7, 11) is 0. The third kappa shape index (κ3) is 2.49. The van der Waals surface area contributed by atoms with Crippen molar-refractivity contribution in [1.82, 2.24) is 10.2 Å². The number of hydrogen-bond donors (Lipinski definition) is 3. The fourth-order valence-corrected chi connectivity index (χ4v) is 1.53. The number of anilines is 1. The molecular weight excluding hydrogens is 218 g/mol. The van der Waals surface area contributed by atoms with Gasteiger partial charge in [0.1, 0.15) is 5.02 Å². The Bertz CT molecular complexity index is 403. The maximum Gasteiger partial charge on any atom is 0.285 e. The van der Waals surface area contributed by atoms with E-state index in [1.54, 1.807) is 0 Å². The molecule has 6 heteroatoms. The highest BCUT2D eigenvalue weighted by Gasteiger charge is 2.29. The fraction of sp³-hybridized carbons (Fsp3) is 0.556. The molecule has 1 aliphatic carbocycles. The van der Waals surface area contributed by atoms with E-state index in [2.05, 4.69) is 15.5 Å². The van der Waals surface area contributed by atoms with Gasteiger partial charge in [-0.3, -0.25) is 4.79 Å². The van der Waals surface area contributed by atoms with Crippen LogP contribution in [0.5, 0.6) is 0 Å². The van der Waals surface area contributed by atoms with Crippen molar-refractivity contribution in [2.45, 2.75) is 18.9 Å². The van der Waals surface area contributed by atoms with Crippen LogP contribution < -0.4 is 10.9 Å². The number of aliphatic hydroxyl groups excluding tert-OH is 1. The number of halogens is 1. The summed E-state index contributed by atoms with van der Waals surface area (Å²) in [6.45, 7) is 0.398. The molecule has 0 saturated heterocycles. The zero-order valence-corrected chi connectivity index (χ0v) is 8.79. The zero-order chi connectivity index (χ0) is 10.8. The van der Waals surface area contributed by atoms with E-state index in [0.29, 0.717) is 18.2 Å². The maximum atomic E-state index is 11.1. The first-order chi connectivity index (χ1) is 7.18. The van der Waals surface area contributed by atoms with Crippen LogP contribution >= 0.6 is 11.6 Å². The average molecular weight is 230 g/mol. The van der Waals surface area contributed by atoms with Gasteiger partial charge in [-0.2, -0.15) is 5.10 Å². The van der Waals surface area contributed by atoms with Gasteiger partial charge in [-0.1, -0.05) is 11.6 Å². The van der Waals surface area contributed by atoms with E-state index < -0.39 is 5.56 Å². The number of nitrogens with zero attached hydrogens (tertiary/aromatic N) is 1. The third-order valence-corrected chi connectivity index (χ3v) is 2.84. The SMILES string of the molecule is O=c1[nH]ncc(NCC(O)C2CC2)c1Cl. The van der Waals surface area contributed by atoms with Gasteiger partial charge in [0.05, 0.1) is 18.0 Å². The molecule has 1 aliphatic rings. The van der Waals surface area contributed by atoms with Gasteiger partial charge >= 0.3 is 0 Å². The molecule has 0 spiro atoms. The summed E-state index contributed by atoms with van der Waals surface area (Å²) in [6, 6.07) is 0. The van der Waals surface area contributed by atoms with Crippen molar-refractivity contribution < 1.29 is 5.11 Å². The van der Waals surface area contributed by atoms with Gasteiger partial charge in [0.25, 0.3) is 5.56 Å². The summed E-state index contributed by atoms with van der Waals surface area (Å²) in [5, 5.41) is 18.4. The topological polar surface area (TPSA) is 78.0 Å². The van der Waals surface area contributed by atoms with Crippen LogP contribution in [-0.2, 0) is 0 Å². The third-order valence-electron chi connectivity index (χ3n) is 2.46. The van der Waals surface area contributed by atoms with Crippen molar-refractivity contribution in [1.29, 1.82) is 0 Å². The van der Waals surface area contributed by atoms with Crippen LogP contribution in [0.15, 0.2) is 11.0 Å². The lowest BCUT2D eigenvalue weighted by atomic mass is 10.2. The molecule has 2 rings (SSSR count). The molecule has 1 aromatic heterocycles. The first kappa shape index (κ1) is 10.4. The van der Waals surface area contributed by atoms with Gasteiger partial charge in [-0.05, 0) is 18.8 Å². The average Bonchev–Trinajstić information content (AvgIpc) is 3.03. The highest BCUT2D eigenvalue weighted by atomic mass is 35.5. The van der Waals surface area contributed by atoms with E-state index in [1.807, 2.05) is 0 Å². The highest BCUT2D eigenvalue weighted by molar-refractivity contribution is 6.32. The van der Waals surface area contributed by atoms with Crippen molar-refractivity contribution in [3.05, 3.63) is 21.6 Å². The number of rotatable bonds is 4. The van der Waals surface area contributed by atoms with Gasteiger partial charge in [0.2, 0.25) is 0 Å². The van der Waals surface area contributed by atoms with Crippen molar-refractivity contribution in [2.24, 2.45) is 5.92 Å². The van der Waals surface area contributed by atoms with Gasteiger partial charge in [-0.15, -0.1) is 0 Å². The van der Waals surface area contributed by atoms with E-state index in [4.69, 9.17) is 11.6 Å². The highest BCUT2D eigenvalue weighted by Crippen LogP contribution is 2.32. The van der Waals surface area contributed by atoms with E-state index >= 15 is 0 Å². The molecule has 1 fully saturated rings. The summed E-state index contributed by atoms with van der Waals surface area (Å²) in [5.41, 5.74) is 0.0303. The molecule has 15 heavy (non-hydrogen) atoms. The Labute approximate surface area is 91.5 Å². The molecule has 0 bridgehead atoms. The molecule has 0 amide bonds. The van der Waals surface area contributed by atoms with Gasteiger partial charge in [0.15, 0.2) is 0 Å². The monoisotopic (exact) mass is 229 g/mol. The molecule has 0 aliphatic heterocycles. The Morgan fingerprint density at radius 3 is 3.13 bits per heavy atom. The van der Waals surface area contributed by atoms with Crippen LogP contribution in [0, 0.1) is 5.92 Å². The molecule has 0 radical (unpaired) electrons. The molecule has 1 saturated carbocycles. The minimum Gasteiger partial charge on any atom is -0.391 e. The number of nitrogens with one attached hydrogen (secondary N) is 2. The smallest absolute Gasteiger partial charge is 0.285 e. The van der Waals surface area contributed by atoms with Crippen molar-refractivity contribution in [3.8, 4) is 0 Å². The quantitative estimate of drug-likeness (QED) is 0.707. The minimum absolute atomic E-state index is 0.0768. The second kappa shape index (κ2) is 4.20. The standard InChI is InChI=1S/C9H12ClN3O2/c10-8-6(3-12-13-9(8)15)11-4-7(14)5-1-2-5/h3,5,7,14H,1-2,4H2,(H2,11,13,15). The van der Waals surface area contributed by atoms with Crippen LogP contribution in [0.2, 0.25) is 5.02 Å². The summed E-state index contributed by atoms with van der Waals surface area (Å²) in [4.78, 5) is 11.1. The second-order valence-corrected chi connectivity index (χ2v) is 4.09. The molecule has 82 valence electrons. The number of hydrogen-bond acceptors (Lipinski definition) is 4. The van der Waals surface area contributed by atoms with Crippen molar-refractivity contribution in [3.63, 3.8) is 0 Å². The summed E-state index contributed by atoms with van der Waals surface area (Å²) >= 11 is 5.74. The molecular formula is C9H12ClN3O2. The molecule has 1 unspecified atom stereocenters. The Hall–Kier alpha value is -1.07. The predicted molar refractivity (Wildman–Crippen MR) is 57.1 cm³/mol. The van der Waals surface area contributed by atoms with E-state index in [9.17, 15) is 9.90 Å².